The van der Waals surface area contributed by atoms with E-state index in [2.05, 4.69) is 5.32 Å². The summed E-state index contributed by atoms with van der Waals surface area (Å²) >= 11 is 0. The molecule has 0 atom stereocenters. The standard InChI is InChI=1S/C14H26N2O3/c1-6-14(7-2)12(18)16(9-8-11(17)15-14)10-13(3,4)19-5/h6-10H2,1-5H3,(H,15,17). The molecule has 0 aromatic carbocycles. The van der Waals surface area contributed by atoms with Crippen LogP contribution in [0.2, 0.25) is 0 Å². The summed E-state index contributed by atoms with van der Waals surface area (Å²) in [6.45, 7) is 8.72. The Morgan fingerprint density at radius 1 is 1.32 bits per heavy atom. The molecule has 1 N–H and O–H groups in total. The number of nitrogens with zero attached hydrogens (tertiary/aromatic N) is 1. The molecular weight excluding hydrogens is 244 g/mol. The fraction of sp³-hybridized carbons (Fsp3) is 0.857. The molecule has 110 valence electrons. The highest BCUT2D eigenvalue weighted by atomic mass is 16.5. The second-order valence-electron chi connectivity index (χ2n) is 5.78. The minimum atomic E-state index is -0.753. The molecule has 1 saturated heterocycles. The van der Waals surface area contributed by atoms with Crippen LogP contribution in [-0.2, 0) is 14.3 Å². The van der Waals surface area contributed by atoms with Crippen LogP contribution in [0.15, 0.2) is 0 Å². The Hall–Kier alpha value is -1.10. The molecule has 1 aliphatic rings. The van der Waals surface area contributed by atoms with Crippen LogP contribution < -0.4 is 5.32 Å². The Kier molecular flexibility index (Phi) is 4.96. The molecule has 0 radical (unpaired) electrons. The maximum Gasteiger partial charge on any atom is 0.248 e. The van der Waals surface area contributed by atoms with Gasteiger partial charge in [-0.15, -0.1) is 0 Å². The molecule has 0 bridgehead atoms. The van der Waals surface area contributed by atoms with Crippen molar-refractivity contribution in [1.29, 1.82) is 0 Å². The summed E-state index contributed by atoms with van der Waals surface area (Å²) in [6, 6.07) is 0. The van der Waals surface area contributed by atoms with Gasteiger partial charge >= 0.3 is 0 Å². The summed E-state index contributed by atoms with van der Waals surface area (Å²) in [5.41, 5.74) is -1.16. The molecule has 0 aromatic rings. The van der Waals surface area contributed by atoms with Crippen molar-refractivity contribution in [2.75, 3.05) is 20.2 Å². The van der Waals surface area contributed by atoms with Crippen LogP contribution in [0.4, 0.5) is 0 Å². The zero-order valence-electron chi connectivity index (χ0n) is 12.7. The SMILES string of the molecule is CCC1(CC)NC(=O)CCN(CC(C)(C)OC)C1=O. The van der Waals surface area contributed by atoms with Crippen molar-refractivity contribution in [2.24, 2.45) is 0 Å². The van der Waals surface area contributed by atoms with E-state index in [9.17, 15) is 9.59 Å². The minimum Gasteiger partial charge on any atom is -0.377 e. The van der Waals surface area contributed by atoms with Crippen LogP contribution in [0.25, 0.3) is 0 Å². The van der Waals surface area contributed by atoms with Crippen LogP contribution in [0.5, 0.6) is 0 Å². The van der Waals surface area contributed by atoms with E-state index >= 15 is 0 Å². The Morgan fingerprint density at radius 2 is 1.89 bits per heavy atom. The maximum atomic E-state index is 12.7. The average Bonchev–Trinajstić information content (AvgIpc) is 2.50. The van der Waals surface area contributed by atoms with Crippen LogP contribution in [-0.4, -0.2) is 48.1 Å². The van der Waals surface area contributed by atoms with Gasteiger partial charge in [-0.2, -0.15) is 0 Å². The molecular formula is C14H26N2O3. The van der Waals surface area contributed by atoms with E-state index in [0.717, 1.165) is 0 Å². The highest BCUT2D eigenvalue weighted by Crippen LogP contribution is 2.23. The van der Waals surface area contributed by atoms with E-state index in [4.69, 9.17) is 4.74 Å². The van der Waals surface area contributed by atoms with Crippen molar-refractivity contribution >= 4 is 11.8 Å². The van der Waals surface area contributed by atoms with E-state index < -0.39 is 11.1 Å². The molecule has 19 heavy (non-hydrogen) atoms. The third-order valence-corrected chi connectivity index (χ3v) is 4.02. The van der Waals surface area contributed by atoms with Gasteiger partial charge in [-0.25, -0.2) is 0 Å². The van der Waals surface area contributed by atoms with Crippen molar-refractivity contribution in [3.05, 3.63) is 0 Å². The molecule has 0 unspecified atom stereocenters. The normalized spacial score (nSPS) is 20.2. The molecule has 5 nitrogen and oxygen atoms in total. The number of carbonyl (C=O) groups is 2. The van der Waals surface area contributed by atoms with Gasteiger partial charge in [0, 0.05) is 26.6 Å². The van der Waals surface area contributed by atoms with Gasteiger partial charge in [-0.1, -0.05) is 13.8 Å². The third-order valence-electron chi connectivity index (χ3n) is 4.02. The predicted octanol–water partition coefficient (Wildman–Crippen LogP) is 1.32. The number of hydrogen-bond acceptors (Lipinski definition) is 3. The van der Waals surface area contributed by atoms with Crippen LogP contribution >= 0.6 is 0 Å². The van der Waals surface area contributed by atoms with E-state index in [-0.39, 0.29) is 11.8 Å². The first kappa shape index (κ1) is 16.0. The smallest absolute Gasteiger partial charge is 0.248 e. The monoisotopic (exact) mass is 270 g/mol. The van der Waals surface area contributed by atoms with Gasteiger partial charge in [0.25, 0.3) is 0 Å². The lowest BCUT2D eigenvalue weighted by Crippen LogP contribution is -2.58. The summed E-state index contributed by atoms with van der Waals surface area (Å²) in [5, 5.41) is 2.90. The number of nitrogens with one attached hydrogen (secondary N) is 1. The number of rotatable bonds is 5. The average molecular weight is 270 g/mol. The molecule has 0 saturated carbocycles. The number of ether oxygens (including phenoxy) is 1. The van der Waals surface area contributed by atoms with E-state index in [1.807, 2.05) is 27.7 Å². The summed E-state index contributed by atoms with van der Waals surface area (Å²) < 4.78 is 5.39. The summed E-state index contributed by atoms with van der Waals surface area (Å²) in [4.78, 5) is 26.3. The van der Waals surface area contributed by atoms with Crippen LogP contribution in [0.3, 0.4) is 0 Å². The van der Waals surface area contributed by atoms with Gasteiger partial charge in [-0.05, 0) is 26.7 Å². The van der Waals surface area contributed by atoms with Crippen molar-refractivity contribution in [2.45, 2.75) is 58.1 Å². The first-order valence-corrected chi connectivity index (χ1v) is 6.96. The van der Waals surface area contributed by atoms with Crippen molar-refractivity contribution in [1.82, 2.24) is 10.2 Å². The molecule has 1 rings (SSSR count). The highest BCUT2D eigenvalue weighted by molar-refractivity contribution is 5.93. The van der Waals surface area contributed by atoms with Crippen molar-refractivity contribution in [3.63, 3.8) is 0 Å². The Bertz CT molecular complexity index is 349. The zero-order chi connectivity index (χ0) is 14.7. The van der Waals surface area contributed by atoms with Gasteiger partial charge in [-0.3, -0.25) is 9.59 Å². The second kappa shape index (κ2) is 5.90. The first-order chi connectivity index (χ1) is 8.80. The molecule has 1 heterocycles. The summed E-state index contributed by atoms with van der Waals surface area (Å²) in [5.74, 6) is -0.0387. The molecule has 0 spiro atoms. The molecule has 0 aromatic heterocycles. The number of methoxy groups -OCH3 is 1. The summed E-state index contributed by atoms with van der Waals surface area (Å²) in [7, 11) is 1.64. The topological polar surface area (TPSA) is 58.6 Å². The highest BCUT2D eigenvalue weighted by Gasteiger charge is 2.42. The van der Waals surface area contributed by atoms with Crippen molar-refractivity contribution < 1.29 is 14.3 Å². The van der Waals surface area contributed by atoms with Gasteiger partial charge < -0.3 is 15.0 Å². The number of carbonyl (C=O) groups excluding carboxylic acids is 2. The van der Waals surface area contributed by atoms with Crippen LogP contribution in [0.1, 0.15) is 47.0 Å². The Morgan fingerprint density at radius 3 is 2.37 bits per heavy atom. The second-order valence-corrected chi connectivity index (χ2v) is 5.78. The Labute approximate surface area is 115 Å². The molecule has 0 aliphatic carbocycles. The molecule has 1 aliphatic heterocycles. The van der Waals surface area contributed by atoms with Gasteiger partial charge in [0.1, 0.15) is 5.54 Å². The Balaban J connectivity index is 2.99. The predicted molar refractivity (Wildman–Crippen MR) is 73.7 cm³/mol. The van der Waals surface area contributed by atoms with Gasteiger partial charge in [0.15, 0.2) is 0 Å². The largest absolute Gasteiger partial charge is 0.377 e. The first-order valence-electron chi connectivity index (χ1n) is 6.96. The third kappa shape index (κ3) is 3.47. The van der Waals surface area contributed by atoms with Crippen LogP contribution in [0, 0.1) is 0 Å². The fourth-order valence-corrected chi connectivity index (χ4v) is 2.43. The number of hydrogen-bond donors (Lipinski definition) is 1. The zero-order valence-corrected chi connectivity index (χ0v) is 12.7. The molecule has 2 amide bonds. The fourth-order valence-electron chi connectivity index (χ4n) is 2.43. The van der Waals surface area contributed by atoms with E-state index in [1.165, 1.54) is 0 Å². The lowest BCUT2D eigenvalue weighted by atomic mass is 9.91. The van der Waals surface area contributed by atoms with Crippen molar-refractivity contribution in [3.8, 4) is 0 Å². The van der Waals surface area contributed by atoms with E-state index in [1.54, 1.807) is 12.0 Å². The lowest BCUT2D eigenvalue weighted by molar-refractivity contribution is -0.142. The molecule has 1 fully saturated rings. The number of amides is 2. The summed E-state index contributed by atoms with van der Waals surface area (Å²) in [6.07, 6.45) is 1.57. The molecule has 5 heteroatoms. The minimum absolute atomic E-state index is 0.00785. The maximum absolute atomic E-state index is 12.7. The quantitative estimate of drug-likeness (QED) is 0.819. The lowest BCUT2D eigenvalue weighted by Gasteiger charge is -2.37. The van der Waals surface area contributed by atoms with Gasteiger partial charge in [0.05, 0.1) is 5.60 Å². The van der Waals surface area contributed by atoms with E-state index in [0.29, 0.717) is 32.4 Å². The van der Waals surface area contributed by atoms with Gasteiger partial charge in [0.2, 0.25) is 11.8 Å².